The minimum absolute atomic E-state index is 0.0864. The smallest absolute Gasteiger partial charge is 0.371 e. The Bertz CT molecular complexity index is 775. The molecule has 0 unspecified atom stereocenters. The molecule has 0 amide bonds. The van der Waals surface area contributed by atoms with E-state index in [1.54, 1.807) is 6.07 Å². The molecule has 3 aromatic rings. The number of carboxylic acids is 1. The van der Waals surface area contributed by atoms with Crippen LogP contribution in [0, 0.1) is 0 Å². The third-order valence-corrected chi connectivity index (χ3v) is 3.19. The molecule has 0 fully saturated rings. The number of carbonyl (C=O) groups is 1. The fraction of sp³-hybridized carbons (Fsp3) is 0.0556. The van der Waals surface area contributed by atoms with Crippen LogP contribution in [-0.2, 0) is 6.61 Å². The van der Waals surface area contributed by atoms with Crippen LogP contribution in [0.1, 0.15) is 16.3 Å². The first-order valence-electron chi connectivity index (χ1n) is 6.83. The highest BCUT2D eigenvalue weighted by molar-refractivity contribution is 5.84. The fourth-order valence-corrected chi connectivity index (χ4v) is 2.12. The summed E-state index contributed by atoms with van der Waals surface area (Å²) in [7, 11) is 0. The maximum Gasteiger partial charge on any atom is 0.371 e. The Balaban J connectivity index is 1.71. The number of carboxylic acid groups (broad SMARTS) is 1. The van der Waals surface area contributed by atoms with Crippen LogP contribution < -0.4 is 4.74 Å². The number of hydrogen-bond donors (Lipinski definition) is 1. The number of benzene rings is 2. The molecule has 4 heteroatoms. The largest absolute Gasteiger partial charge is 0.486 e. The summed E-state index contributed by atoms with van der Waals surface area (Å²) in [5, 5.41) is 8.81. The van der Waals surface area contributed by atoms with Crippen molar-refractivity contribution < 1.29 is 19.1 Å². The van der Waals surface area contributed by atoms with Gasteiger partial charge in [0.25, 0.3) is 0 Å². The summed E-state index contributed by atoms with van der Waals surface area (Å²) in [6.45, 7) is 0.186. The van der Waals surface area contributed by atoms with Gasteiger partial charge in [-0.05, 0) is 35.4 Å². The van der Waals surface area contributed by atoms with Gasteiger partial charge >= 0.3 is 5.97 Å². The molecule has 0 radical (unpaired) electrons. The number of furan rings is 1. The quantitative estimate of drug-likeness (QED) is 0.765. The van der Waals surface area contributed by atoms with Crippen LogP contribution in [0.3, 0.4) is 0 Å². The zero-order valence-electron chi connectivity index (χ0n) is 11.7. The first kappa shape index (κ1) is 13.9. The normalized spacial score (nSPS) is 10.4. The average molecular weight is 294 g/mol. The molecular formula is C18H14O4. The Morgan fingerprint density at radius 3 is 2.45 bits per heavy atom. The lowest BCUT2D eigenvalue weighted by Gasteiger charge is -2.07. The van der Waals surface area contributed by atoms with Gasteiger partial charge < -0.3 is 14.3 Å². The van der Waals surface area contributed by atoms with E-state index in [0.717, 1.165) is 11.1 Å². The first-order valence-corrected chi connectivity index (χ1v) is 6.83. The summed E-state index contributed by atoms with van der Waals surface area (Å²) in [6, 6.07) is 20.8. The highest BCUT2D eigenvalue weighted by Crippen LogP contribution is 2.24. The molecule has 0 aliphatic rings. The molecule has 22 heavy (non-hydrogen) atoms. The second-order valence-electron chi connectivity index (χ2n) is 4.75. The molecule has 3 rings (SSSR count). The standard InChI is InChI=1S/C18H14O4/c19-18(20)17-10-9-16(22-17)12-21-15-8-4-7-14(11-15)13-5-2-1-3-6-13/h1-11H,12H2,(H,19,20). The van der Waals surface area contributed by atoms with E-state index in [0.29, 0.717) is 11.5 Å². The molecule has 110 valence electrons. The van der Waals surface area contributed by atoms with Crippen LogP contribution in [0.15, 0.2) is 71.1 Å². The monoisotopic (exact) mass is 294 g/mol. The van der Waals surface area contributed by atoms with E-state index in [1.807, 2.05) is 54.6 Å². The van der Waals surface area contributed by atoms with Gasteiger partial charge in [-0.3, -0.25) is 0 Å². The van der Waals surface area contributed by atoms with E-state index in [2.05, 4.69) is 0 Å². The second kappa shape index (κ2) is 6.18. The van der Waals surface area contributed by atoms with Crippen LogP contribution in [0.25, 0.3) is 11.1 Å². The van der Waals surface area contributed by atoms with E-state index in [9.17, 15) is 4.79 Å². The van der Waals surface area contributed by atoms with Gasteiger partial charge in [0.1, 0.15) is 18.1 Å². The van der Waals surface area contributed by atoms with Gasteiger partial charge in [-0.25, -0.2) is 4.79 Å². The van der Waals surface area contributed by atoms with Gasteiger partial charge in [-0.15, -0.1) is 0 Å². The van der Waals surface area contributed by atoms with E-state index in [4.69, 9.17) is 14.3 Å². The molecule has 1 heterocycles. The summed E-state index contributed by atoms with van der Waals surface area (Å²) in [4.78, 5) is 10.8. The maximum atomic E-state index is 10.8. The molecule has 0 aliphatic heterocycles. The Morgan fingerprint density at radius 1 is 0.955 bits per heavy atom. The van der Waals surface area contributed by atoms with Crippen molar-refractivity contribution in [2.75, 3.05) is 0 Å². The van der Waals surface area contributed by atoms with Crippen LogP contribution in [0.5, 0.6) is 5.75 Å². The van der Waals surface area contributed by atoms with Gasteiger partial charge in [-0.1, -0.05) is 42.5 Å². The van der Waals surface area contributed by atoms with Crippen molar-refractivity contribution in [1.82, 2.24) is 0 Å². The third-order valence-electron chi connectivity index (χ3n) is 3.19. The van der Waals surface area contributed by atoms with Gasteiger partial charge in [-0.2, -0.15) is 0 Å². The fourth-order valence-electron chi connectivity index (χ4n) is 2.12. The molecule has 0 saturated carbocycles. The van der Waals surface area contributed by atoms with Crippen LogP contribution >= 0.6 is 0 Å². The molecule has 0 bridgehead atoms. The zero-order chi connectivity index (χ0) is 15.4. The molecule has 0 aliphatic carbocycles. The Labute approximate surface area is 127 Å². The second-order valence-corrected chi connectivity index (χ2v) is 4.75. The highest BCUT2D eigenvalue weighted by atomic mass is 16.5. The first-order chi connectivity index (χ1) is 10.7. The number of rotatable bonds is 5. The van der Waals surface area contributed by atoms with Crippen molar-refractivity contribution in [2.45, 2.75) is 6.61 Å². The predicted molar refractivity (Wildman–Crippen MR) is 81.9 cm³/mol. The summed E-state index contributed by atoms with van der Waals surface area (Å²) < 4.78 is 10.8. The molecule has 0 saturated heterocycles. The average Bonchev–Trinajstić information content (AvgIpc) is 3.03. The number of aromatic carboxylic acids is 1. The maximum absolute atomic E-state index is 10.8. The summed E-state index contributed by atoms with van der Waals surface area (Å²) >= 11 is 0. The molecule has 1 aromatic heterocycles. The van der Waals surface area contributed by atoms with Crippen LogP contribution in [0.2, 0.25) is 0 Å². The lowest BCUT2D eigenvalue weighted by Crippen LogP contribution is -1.95. The van der Waals surface area contributed by atoms with Crippen molar-refractivity contribution in [3.8, 4) is 16.9 Å². The van der Waals surface area contributed by atoms with Gasteiger partial charge in [0, 0.05) is 0 Å². The highest BCUT2D eigenvalue weighted by Gasteiger charge is 2.09. The van der Waals surface area contributed by atoms with E-state index >= 15 is 0 Å². The topological polar surface area (TPSA) is 59.7 Å². The lowest BCUT2D eigenvalue weighted by atomic mass is 10.1. The lowest BCUT2D eigenvalue weighted by molar-refractivity contribution is 0.0658. The molecule has 2 aromatic carbocycles. The van der Waals surface area contributed by atoms with E-state index in [-0.39, 0.29) is 12.4 Å². The molecule has 0 atom stereocenters. The Morgan fingerprint density at radius 2 is 1.73 bits per heavy atom. The van der Waals surface area contributed by atoms with E-state index in [1.165, 1.54) is 6.07 Å². The third kappa shape index (κ3) is 3.17. The molecule has 1 N–H and O–H groups in total. The van der Waals surface area contributed by atoms with Crippen LogP contribution in [0.4, 0.5) is 0 Å². The van der Waals surface area contributed by atoms with Gasteiger partial charge in [0.2, 0.25) is 5.76 Å². The van der Waals surface area contributed by atoms with Crippen LogP contribution in [-0.4, -0.2) is 11.1 Å². The summed E-state index contributed by atoms with van der Waals surface area (Å²) in [5.41, 5.74) is 2.17. The molecule has 0 spiro atoms. The van der Waals surface area contributed by atoms with Crippen molar-refractivity contribution in [2.24, 2.45) is 0 Å². The minimum atomic E-state index is -1.09. The number of ether oxygens (including phenoxy) is 1. The zero-order valence-corrected chi connectivity index (χ0v) is 11.7. The van der Waals surface area contributed by atoms with Gasteiger partial charge in [0.15, 0.2) is 0 Å². The Kier molecular flexibility index (Phi) is 3.92. The Hall–Kier alpha value is -3.01. The number of hydrogen-bond acceptors (Lipinski definition) is 3. The molecular weight excluding hydrogens is 280 g/mol. The predicted octanol–water partition coefficient (Wildman–Crippen LogP) is 4.22. The summed E-state index contributed by atoms with van der Waals surface area (Å²) in [5.74, 6) is 0.00565. The summed E-state index contributed by atoms with van der Waals surface area (Å²) in [6.07, 6.45) is 0. The molecule has 4 nitrogen and oxygen atoms in total. The van der Waals surface area contributed by atoms with Crippen molar-refractivity contribution in [3.63, 3.8) is 0 Å². The van der Waals surface area contributed by atoms with Gasteiger partial charge in [0.05, 0.1) is 0 Å². The van der Waals surface area contributed by atoms with Crippen molar-refractivity contribution in [3.05, 3.63) is 78.3 Å². The minimum Gasteiger partial charge on any atom is -0.486 e. The SMILES string of the molecule is O=C(O)c1ccc(COc2cccc(-c3ccccc3)c2)o1. The van der Waals surface area contributed by atoms with Crippen molar-refractivity contribution in [1.29, 1.82) is 0 Å². The van der Waals surface area contributed by atoms with E-state index < -0.39 is 5.97 Å². The van der Waals surface area contributed by atoms with Crippen molar-refractivity contribution >= 4 is 5.97 Å².